The highest BCUT2D eigenvalue weighted by molar-refractivity contribution is 5.82. The Morgan fingerprint density at radius 2 is 1.88 bits per heavy atom. The molecule has 0 atom stereocenters. The number of hydrogen-bond donors (Lipinski definition) is 2. The number of benzene rings is 1. The Labute approximate surface area is 144 Å². The lowest BCUT2D eigenvalue weighted by Crippen LogP contribution is -2.31. The lowest BCUT2D eigenvalue weighted by Gasteiger charge is -2.15. The van der Waals surface area contributed by atoms with Gasteiger partial charge in [-0.3, -0.25) is 14.8 Å². The summed E-state index contributed by atoms with van der Waals surface area (Å²) in [4.78, 5) is 32.4. The average Bonchev–Trinajstić information content (AvgIpc) is 2.59. The van der Waals surface area contributed by atoms with Crippen LogP contribution in [0.4, 0.5) is 4.39 Å². The van der Waals surface area contributed by atoms with E-state index in [0.717, 1.165) is 36.3 Å². The fourth-order valence-corrected chi connectivity index (χ4v) is 2.38. The Morgan fingerprint density at radius 1 is 1.24 bits per heavy atom. The predicted octanol–water partition coefficient (Wildman–Crippen LogP) is 1.13. The molecule has 0 saturated carbocycles. The van der Waals surface area contributed by atoms with Crippen molar-refractivity contribution in [3.63, 3.8) is 0 Å². The van der Waals surface area contributed by atoms with Crippen LogP contribution in [0.1, 0.15) is 19.4 Å². The van der Waals surface area contributed by atoms with E-state index < -0.39 is 22.9 Å². The summed E-state index contributed by atoms with van der Waals surface area (Å²) in [6.07, 6.45) is 1.25. The Bertz CT molecular complexity index is 852. The number of rotatable bonds is 7. The van der Waals surface area contributed by atoms with E-state index in [4.69, 9.17) is 0 Å². The van der Waals surface area contributed by atoms with E-state index in [1.807, 2.05) is 13.8 Å². The number of nitrogens with zero attached hydrogens (tertiary/aromatic N) is 3. The quantitative estimate of drug-likeness (QED) is 0.734. The molecule has 1 aromatic heterocycles. The van der Waals surface area contributed by atoms with Crippen LogP contribution in [0.2, 0.25) is 0 Å². The van der Waals surface area contributed by atoms with Gasteiger partial charge in [-0.05, 0) is 37.4 Å². The third-order valence-corrected chi connectivity index (χ3v) is 3.87. The fraction of sp³-hybridized carbons (Fsp3) is 0.353. The highest BCUT2D eigenvalue weighted by Crippen LogP contribution is 2.15. The maximum Gasteiger partial charge on any atom is 0.335 e. The molecule has 0 unspecified atom stereocenters. The van der Waals surface area contributed by atoms with Gasteiger partial charge >= 0.3 is 5.69 Å². The van der Waals surface area contributed by atoms with E-state index in [-0.39, 0.29) is 11.3 Å². The Hall–Kier alpha value is -2.74. The highest BCUT2D eigenvalue weighted by Gasteiger charge is 2.14. The summed E-state index contributed by atoms with van der Waals surface area (Å²) in [5, 5.41) is 10.3. The molecule has 0 aliphatic rings. The summed E-state index contributed by atoms with van der Waals surface area (Å²) in [5.74, 6) is -1.01. The van der Waals surface area contributed by atoms with Crippen LogP contribution >= 0.6 is 0 Å². The van der Waals surface area contributed by atoms with Crippen LogP contribution in [-0.2, 0) is 0 Å². The third-order valence-electron chi connectivity index (χ3n) is 3.87. The highest BCUT2D eigenvalue weighted by atomic mass is 19.1. The number of halogens is 1. The normalized spacial score (nSPS) is 11.5. The minimum Gasteiger partial charge on any atom is -0.493 e. The van der Waals surface area contributed by atoms with Gasteiger partial charge in [-0.15, -0.1) is 0 Å². The van der Waals surface area contributed by atoms with Gasteiger partial charge in [0.15, 0.2) is 0 Å². The molecule has 1 aromatic carbocycles. The molecular weight excluding hydrogens is 327 g/mol. The third kappa shape index (κ3) is 4.42. The topological polar surface area (TPSA) is 90.7 Å². The number of aromatic amines is 1. The molecule has 1 heterocycles. The van der Waals surface area contributed by atoms with Crippen molar-refractivity contribution < 1.29 is 9.50 Å². The Morgan fingerprint density at radius 3 is 2.48 bits per heavy atom. The van der Waals surface area contributed by atoms with Gasteiger partial charge < -0.3 is 10.0 Å². The number of aromatic nitrogens is 2. The molecule has 0 fully saturated rings. The van der Waals surface area contributed by atoms with E-state index in [9.17, 15) is 19.1 Å². The number of aliphatic imine (C=N–C) groups is 1. The molecule has 0 aliphatic heterocycles. The number of aromatic hydroxyl groups is 1. The first kappa shape index (κ1) is 18.6. The smallest absolute Gasteiger partial charge is 0.335 e. The van der Waals surface area contributed by atoms with Crippen molar-refractivity contribution in [1.29, 1.82) is 0 Å². The van der Waals surface area contributed by atoms with Gasteiger partial charge in [-0.2, -0.15) is 0 Å². The molecular formula is C17H21FN4O3. The molecule has 0 saturated heterocycles. The summed E-state index contributed by atoms with van der Waals surface area (Å²) >= 11 is 0. The van der Waals surface area contributed by atoms with E-state index in [0.29, 0.717) is 6.54 Å². The predicted molar refractivity (Wildman–Crippen MR) is 94.5 cm³/mol. The zero-order chi connectivity index (χ0) is 18.4. The monoisotopic (exact) mass is 348 g/mol. The maximum atomic E-state index is 13.0. The van der Waals surface area contributed by atoms with Gasteiger partial charge in [0.25, 0.3) is 5.56 Å². The standard InChI is InChI=1S/C17H21FN4O3/c1-3-21(4-2)10-9-19-11-14-15(23)20-17(25)22(16(14)24)13-7-5-12(18)6-8-13/h5-8,11,24H,3-4,9-10H2,1-2H3,(H,20,23,25). The second-order valence-electron chi connectivity index (χ2n) is 5.37. The van der Waals surface area contributed by atoms with Gasteiger partial charge in [0.2, 0.25) is 5.88 Å². The van der Waals surface area contributed by atoms with Crippen molar-refractivity contribution in [1.82, 2.24) is 14.5 Å². The van der Waals surface area contributed by atoms with Gasteiger partial charge in [0.1, 0.15) is 11.4 Å². The number of H-pyrrole nitrogens is 1. The average molecular weight is 348 g/mol. The van der Waals surface area contributed by atoms with Crippen LogP contribution in [-0.4, -0.2) is 52.0 Å². The first-order chi connectivity index (χ1) is 12.0. The molecule has 2 rings (SSSR count). The van der Waals surface area contributed by atoms with Gasteiger partial charge in [0, 0.05) is 12.8 Å². The number of nitrogens with one attached hydrogen (secondary N) is 1. The van der Waals surface area contributed by atoms with Crippen molar-refractivity contribution in [2.24, 2.45) is 4.99 Å². The van der Waals surface area contributed by atoms with E-state index in [1.54, 1.807) is 0 Å². The largest absolute Gasteiger partial charge is 0.493 e. The number of likely N-dealkylation sites (N-methyl/N-ethyl adjacent to an activating group) is 1. The first-order valence-electron chi connectivity index (χ1n) is 8.04. The first-order valence-corrected chi connectivity index (χ1v) is 8.04. The van der Waals surface area contributed by atoms with E-state index >= 15 is 0 Å². The zero-order valence-electron chi connectivity index (χ0n) is 14.2. The molecule has 0 radical (unpaired) electrons. The molecule has 134 valence electrons. The van der Waals surface area contributed by atoms with Crippen molar-refractivity contribution in [3.05, 3.63) is 56.5 Å². The molecule has 0 spiro atoms. The maximum absolute atomic E-state index is 13.0. The summed E-state index contributed by atoms with van der Waals surface area (Å²) < 4.78 is 13.9. The summed E-state index contributed by atoms with van der Waals surface area (Å²) in [5.41, 5.74) is -1.43. The molecule has 2 aromatic rings. The Kier molecular flexibility index (Phi) is 6.24. The second kappa shape index (κ2) is 8.39. The summed E-state index contributed by atoms with van der Waals surface area (Å²) in [7, 11) is 0. The van der Waals surface area contributed by atoms with Crippen molar-refractivity contribution in [2.45, 2.75) is 13.8 Å². The molecule has 25 heavy (non-hydrogen) atoms. The second-order valence-corrected chi connectivity index (χ2v) is 5.37. The summed E-state index contributed by atoms with van der Waals surface area (Å²) in [6, 6.07) is 4.97. The van der Waals surface area contributed by atoms with Crippen LogP contribution in [0.3, 0.4) is 0 Å². The van der Waals surface area contributed by atoms with Crippen LogP contribution in [0.25, 0.3) is 5.69 Å². The minimum absolute atomic E-state index is 0.122. The zero-order valence-corrected chi connectivity index (χ0v) is 14.2. The lowest BCUT2D eigenvalue weighted by atomic mass is 10.3. The minimum atomic E-state index is -0.811. The van der Waals surface area contributed by atoms with Crippen LogP contribution in [0.5, 0.6) is 5.88 Å². The van der Waals surface area contributed by atoms with Crippen molar-refractivity contribution in [3.8, 4) is 11.6 Å². The number of hydrogen-bond acceptors (Lipinski definition) is 5. The molecule has 0 amide bonds. The Balaban J connectivity index is 2.33. The van der Waals surface area contributed by atoms with Crippen LogP contribution in [0, 0.1) is 5.82 Å². The molecule has 8 heteroatoms. The summed E-state index contributed by atoms with van der Waals surface area (Å²) in [6.45, 7) is 7.06. The molecule has 0 aliphatic carbocycles. The van der Waals surface area contributed by atoms with Crippen molar-refractivity contribution in [2.75, 3.05) is 26.2 Å². The van der Waals surface area contributed by atoms with Crippen LogP contribution < -0.4 is 11.2 Å². The van der Waals surface area contributed by atoms with Crippen LogP contribution in [0.15, 0.2) is 38.8 Å². The SMILES string of the molecule is CCN(CC)CCN=Cc1c(O)n(-c2ccc(F)cc2)c(=O)[nH]c1=O. The molecule has 2 N–H and O–H groups in total. The van der Waals surface area contributed by atoms with Gasteiger partial charge in [0.05, 0.1) is 12.2 Å². The van der Waals surface area contributed by atoms with E-state index in [1.165, 1.54) is 18.3 Å². The molecule has 0 bridgehead atoms. The molecule has 7 nitrogen and oxygen atoms in total. The van der Waals surface area contributed by atoms with Gasteiger partial charge in [-0.25, -0.2) is 13.8 Å². The van der Waals surface area contributed by atoms with Gasteiger partial charge in [-0.1, -0.05) is 13.8 Å². The van der Waals surface area contributed by atoms with Crippen molar-refractivity contribution >= 4 is 6.21 Å². The van der Waals surface area contributed by atoms with E-state index in [2.05, 4.69) is 14.9 Å². The fourth-order valence-electron chi connectivity index (χ4n) is 2.38. The lowest BCUT2D eigenvalue weighted by molar-refractivity contribution is 0.313.